The zero-order chi connectivity index (χ0) is 22.7. The fourth-order valence-corrected chi connectivity index (χ4v) is 4.36. The van der Waals surface area contributed by atoms with Crippen molar-refractivity contribution in [1.29, 1.82) is 0 Å². The van der Waals surface area contributed by atoms with Crippen LogP contribution in [0.2, 0.25) is 0 Å². The van der Waals surface area contributed by atoms with E-state index in [0.29, 0.717) is 30.1 Å². The molecular formula is C25H28BrN3O3. The van der Waals surface area contributed by atoms with Crippen LogP contribution in [0.5, 0.6) is 5.75 Å². The number of aryl methyl sites for hydroxylation is 2. The maximum atomic E-state index is 13.2. The topological polar surface area (TPSA) is 58.8 Å². The molecule has 4 rings (SSSR count). The van der Waals surface area contributed by atoms with Crippen molar-refractivity contribution in [2.45, 2.75) is 33.9 Å². The lowest BCUT2D eigenvalue weighted by molar-refractivity contribution is 0.0616. The van der Waals surface area contributed by atoms with Gasteiger partial charge in [0.2, 0.25) is 0 Å². The lowest BCUT2D eigenvalue weighted by atomic mass is 10.1. The Hall–Kier alpha value is -2.64. The minimum Gasteiger partial charge on any atom is -0.488 e. The number of hydrogen-bond acceptors (Lipinski definition) is 5. The molecule has 0 N–H and O–H groups in total. The Morgan fingerprint density at radius 3 is 2.59 bits per heavy atom. The Morgan fingerprint density at radius 1 is 1.09 bits per heavy atom. The van der Waals surface area contributed by atoms with E-state index >= 15 is 0 Å². The number of nitrogens with zero attached hydrogens (tertiary/aromatic N) is 3. The van der Waals surface area contributed by atoms with Crippen molar-refractivity contribution in [3.8, 4) is 5.75 Å². The van der Waals surface area contributed by atoms with Crippen molar-refractivity contribution in [1.82, 2.24) is 15.0 Å². The first-order valence-electron chi connectivity index (χ1n) is 10.8. The van der Waals surface area contributed by atoms with Crippen molar-refractivity contribution < 1.29 is 14.1 Å². The highest BCUT2D eigenvalue weighted by molar-refractivity contribution is 9.10. The van der Waals surface area contributed by atoms with Crippen LogP contribution in [0, 0.1) is 20.8 Å². The summed E-state index contributed by atoms with van der Waals surface area (Å²) in [6.07, 6.45) is 0. The molecule has 1 aliphatic rings. The monoisotopic (exact) mass is 497 g/mol. The van der Waals surface area contributed by atoms with Crippen LogP contribution >= 0.6 is 15.9 Å². The molecule has 0 aliphatic carbocycles. The molecule has 2 heterocycles. The van der Waals surface area contributed by atoms with Gasteiger partial charge in [-0.15, -0.1) is 0 Å². The summed E-state index contributed by atoms with van der Waals surface area (Å²) >= 11 is 3.53. The van der Waals surface area contributed by atoms with E-state index < -0.39 is 0 Å². The number of benzene rings is 2. The summed E-state index contributed by atoms with van der Waals surface area (Å²) in [5.74, 6) is 1.33. The van der Waals surface area contributed by atoms with Gasteiger partial charge >= 0.3 is 0 Å². The van der Waals surface area contributed by atoms with E-state index in [1.165, 1.54) is 11.1 Å². The van der Waals surface area contributed by atoms with Crippen LogP contribution in [-0.4, -0.2) is 47.0 Å². The van der Waals surface area contributed by atoms with Crippen molar-refractivity contribution >= 4 is 21.8 Å². The van der Waals surface area contributed by atoms with Gasteiger partial charge in [-0.2, -0.15) is 0 Å². The van der Waals surface area contributed by atoms with Gasteiger partial charge < -0.3 is 14.2 Å². The minimum absolute atomic E-state index is 0.0940. The molecule has 1 aliphatic heterocycles. The quantitative estimate of drug-likeness (QED) is 0.484. The standard InChI is InChI=1S/C25H28BrN3O3/c1-17-6-4-9-23(18(17)2)31-16-22-19(3)32-27-24(22)25(30)29-12-10-28(11-13-29)15-20-7-5-8-21(26)14-20/h4-9,14H,10-13,15-16H2,1-3H3. The molecule has 2 aromatic carbocycles. The highest BCUT2D eigenvalue weighted by atomic mass is 79.9. The van der Waals surface area contributed by atoms with Gasteiger partial charge in [-0.1, -0.05) is 45.4 Å². The van der Waals surface area contributed by atoms with Crippen LogP contribution in [0.15, 0.2) is 51.5 Å². The van der Waals surface area contributed by atoms with Crippen LogP contribution in [0.1, 0.15) is 38.5 Å². The number of carbonyl (C=O) groups excluding carboxylic acids is 1. The van der Waals surface area contributed by atoms with E-state index in [1.54, 1.807) is 0 Å². The number of rotatable bonds is 6. The summed E-state index contributed by atoms with van der Waals surface area (Å²) in [7, 11) is 0. The fraction of sp³-hybridized carbons (Fsp3) is 0.360. The molecule has 1 aromatic heterocycles. The highest BCUT2D eigenvalue weighted by Crippen LogP contribution is 2.24. The average Bonchev–Trinajstić information content (AvgIpc) is 3.15. The SMILES string of the molecule is Cc1cccc(OCc2c(C(=O)N3CCN(Cc4cccc(Br)c4)CC3)noc2C)c1C. The number of ether oxygens (including phenoxy) is 1. The molecule has 1 fully saturated rings. The predicted octanol–water partition coefficient (Wildman–Crippen LogP) is 4.90. The summed E-state index contributed by atoms with van der Waals surface area (Å²) in [5.41, 5.74) is 4.59. The Balaban J connectivity index is 1.38. The van der Waals surface area contributed by atoms with Crippen LogP contribution in [-0.2, 0) is 13.2 Å². The number of piperazine rings is 1. The van der Waals surface area contributed by atoms with Gasteiger partial charge in [0.15, 0.2) is 5.69 Å². The maximum Gasteiger partial charge on any atom is 0.276 e. The molecule has 3 aromatic rings. The molecular weight excluding hydrogens is 470 g/mol. The molecule has 0 unspecified atom stereocenters. The second-order valence-corrected chi connectivity index (χ2v) is 9.17. The minimum atomic E-state index is -0.0940. The Morgan fingerprint density at radius 2 is 1.84 bits per heavy atom. The number of halogens is 1. The van der Waals surface area contributed by atoms with Crippen molar-refractivity contribution in [3.63, 3.8) is 0 Å². The van der Waals surface area contributed by atoms with Crippen LogP contribution in [0.4, 0.5) is 0 Å². The molecule has 32 heavy (non-hydrogen) atoms. The Labute approximate surface area is 197 Å². The molecule has 0 bridgehead atoms. The van der Waals surface area contributed by atoms with Gasteiger partial charge in [0.25, 0.3) is 5.91 Å². The number of carbonyl (C=O) groups is 1. The summed E-state index contributed by atoms with van der Waals surface area (Å²) < 4.78 is 12.5. The molecule has 1 amide bonds. The second-order valence-electron chi connectivity index (χ2n) is 8.25. The molecule has 0 atom stereocenters. The smallest absolute Gasteiger partial charge is 0.276 e. The van der Waals surface area contributed by atoms with Crippen molar-refractivity contribution in [3.05, 3.63) is 80.6 Å². The normalized spacial score (nSPS) is 14.6. The molecule has 7 heteroatoms. The summed E-state index contributed by atoms with van der Waals surface area (Å²) in [6, 6.07) is 14.3. The zero-order valence-electron chi connectivity index (χ0n) is 18.7. The van der Waals surface area contributed by atoms with Crippen LogP contribution in [0.3, 0.4) is 0 Å². The van der Waals surface area contributed by atoms with E-state index in [0.717, 1.165) is 35.4 Å². The summed E-state index contributed by atoms with van der Waals surface area (Å²) in [4.78, 5) is 17.4. The third-order valence-electron chi connectivity index (χ3n) is 6.07. The third kappa shape index (κ3) is 5.05. The number of amides is 1. The van der Waals surface area contributed by atoms with Gasteiger partial charge in [-0.3, -0.25) is 9.69 Å². The molecule has 6 nitrogen and oxygen atoms in total. The largest absolute Gasteiger partial charge is 0.488 e. The molecule has 0 saturated carbocycles. The van der Waals surface area contributed by atoms with Crippen LogP contribution in [0.25, 0.3) is 0 Å². The Kier molecular flexibility index (Phi) is 6.96. The number of hydrogen-bond donors (Lipinski definition) is 0. The van der Waals surface area contributed by atoms with Gasteiger partial charge in [-0.05, 0) is 55.7 Å². The first kappa shape index (κ1) is 22.6. The number of aromatic nitrogens is 1. The second kappa shape index (κ2) is 9.88. The van der Waals surface area contributed by atoms with Gasteiger partial charge in [0.05, 0.1) is 5.56 Å². The lowest BCUT2D eigenvalue weighted by Crippen LogP contribution is -2.48. The van der Waals surface area contributed by atoms with Gasteiger partial charge in [0.1, 0.15) is 18.1 Å². The maximum absolute atomic E-state index is 13.2. The highest BCUT2D eigenvalue weighted by Gasteiger charge is 2.28. The predicted molar refractivity (Wildman–Crippen MR) is 127 cm³/mol. The van der Waals surface area contributed by atoms with E-state index in [2.05, 4.69) is 51.1 Å². The van der Waals surface area contributed by atoms with Crippen LogP contribution < -0.4 is 4.74 Å². The molecule has 0 spiro atoms. The first-order chi connectivity index (χ1) is 15.4. The first-order valence-corrected chi connectivity index (χ1v) is 11.6. The lowest BCUT2D eigenvalue weighted by Gasteiger charge is -2.34. The Bertz CT molecular complexity index is 1100. The molecule has 1 saturated heterocycles. The van der Waals surface area contributed by atoms with Gasteiger partial charge in [-0.25, -0.2) is 0 Å². The van der Waals surface area contributed by atoms with E-state index in [4.69, 9.17) is 9.26 Å². The average molecular weight is 498 g/mol. The summed E-state index contributed by atoms with van der Waals surface area (Å²) in [5, 5.41) is 4.07. The van der Waals surface area contributed by atoms with Crippen molar-refractivity contribution in [2.24, 2.45) is 0 Å². The molecule has 168 valence electrons. The fourth-order valence-electron chi connectivity index (χ4n) is 3.91. The van der Waals surface area contributed by atoms with Gasteiger partial charge in [0, 0.05) is 37.2 Å². The van der Waals surface area contributed by atoms with E-state index in [-0.39, 0.29) is 12.5 Å². The zero-order valence-corrected chi connectivity index (χ0v) is 20.3. The van der Waals surface area contributed by atoms with Crippen molar-refractivity contribution in [2.75, 3.05) is 26.2 Å². The van der Waals surface area contributed by atoms with E-state index in [9.17, 15) is 4.79 Å². The van der Waals surface area contributed by atoms with E-state index in [1.807, 2.05) is 43.0 Å². The third-order valence-corrected chi connectivity index (χ3v) is 6.56. The molecule has 0 radical (unpaired) electrons. The summed E-state index contributed by atoms with van der Waals surface area (Å²) in [6.45, 7) is 10.0.